The lowest BCUT2D eigenvalue weighted by Crippen LogP contribution is -2.48. The molecule has 0 fully saturated rings. The van der Waals surface area contributed by atoms with Crippen LogP contribution in [0.15, 0.2) is 12.1 Å². The van der Waals surface area contributed by atoms with Crippen LogP contribution in [-0.4, -0.2) is 43.2 Å². The second-order valence-corrected chi connectivity index (χ2v) is 4.30. The average Bonchev–Trinajstić information content (AvgIpc) is 2.36. The quantitative estimate of drug-likeness (QED) is 0.537. The summed E-state index contributed by atoms with van der Waals surface area (Å²) in [6, 6.07) is 1.17. The van der Waals surface area contributed by atoms with E-state index in [1.54, 1.807) is 0 Å². The number of hydrogen-bond donors (Lipinski definition) is 3. The maximum atomic E-state index is 11.1. The third kappa shape index (κ3) is 2.09. The van der Waals surface area contributed by atoms with Crippen LogP contribution in [0.25, 0.3) is 0 Å². The molecular weight excluding hydrogens is 272 g/mol. The van der Waals surface area contributed by atoms with Gasteiger partial charge in [-0.1, -0.05) is 6.07 Å². The number of carboxylic acid groups (broad SMARTS) is 2. The van der Waals surface area contributed by atoms with Gasteiger partial charge in [-0.15, -0.1) is 0 Å². The van der Waals surface area contributed by atoms with Gasteiger partial charge in [0.15, 0.2) is 5.75 Å². The highest BCUT2D eigenvalue weighted by molar-refractivity contribution is 5.81. The van der Waals surface area contributed by atoms with E-state index < -0.39 is 41.0 Å². The molecule has 0 aliphatic carbocycles. The maximum absolute atomic E-state index is 11.1. The number of hydrogen-bond acceptors (Lipinski definition) is 5. The van der Waals surface area contributed by atoms with Crippen molar-refractivity contribution in [2.45, 2.75) is 19.0 Å². The Morgan fingerprint density at radius 2 is 2.00 bits per heavy atom. The fraction of sp³-hybridized carbons (Fsp3) is 0.273. The summed E-state index contributed by atoms with van der Waals surface area (Å²) in [4.78, 5) is 32.9. The molecular formula is C11H10N2O7. The molecule has 3 N–H and O–H groups in total. The van der Waals surface area contributed by atoms with Crippen LogP contribution in [0.1, 0.15) is 11.1 Å². The molecule has 0 aromatic heterocycles. The highest BCUT2D eigenvalue weighted by Gasteiger charge is 2.38. The summed E-state index contributed by atoms with van der Waals surface area (Å²) in [5.74, 6) is -1.90. The lowest BCUT2D eigenvalue weighted by atomic mass is 9.92. The first-order valence-corrected chi connectivity index (χ1v) is 5.53. The Kier molecular flexibility index (Phi) is 3.18. The third-order valence-corrected chi connectivity index (χ3v) is 3.19. The van der Waals surface area contributed by atoms with Crippen LogP contribution >= 0.6 is 0 Å². The zero-order valence-electron chi connectivity index (χ0n) is 10.0. The molecule has 20 heavy (non-hydrogen) atoms. The highest BCUT2D eigenvalue weighted by atomic mass is 16.6. The van der Waals surface area contributed by atoms with Gasteiger partial charge in [-0.3, -0.25) is 15.0 Å². The molecule has 106 valence electrons. The number of nitro groups is 1. The van der Waals surface area contributed by atoms with Crippen molar-refractivity contribution in [3.05, 3.63) is 33.4 Å². The van der Waals surface area contributed by atoms with Crippen LogP contribution in [0.4, 0.5) is 10.5 Å². The normalized spacial score (nSPS) is 17.4. The number of phenols is 1. The van der Waals surface area contributed by atoms with E-state index in [4.69, 9.17) is 10.2 Å². The molecule has 1 amide bonds. The van der Waals surface area contributed by atoms with E-state index in [2.05, 4.69) is 0 Å². The minimum absolute atomic E-state index is 0.0231. The summed E-state index contributed by atoms with van der Waals surface area (Å²) in [7, 11) is 0. The fourth-order valence-electron chi connectivity index (χ4n) is 2.26. The maximum Gasteiger partial charge on any atom is 0.408 e. The van der Waals surface area contributed by atoms with E-state index in [1.165, 1.54) is 6.07 Å². The van der Waals surface area contributed by atoms with Crippen LogP contribution < -0.4 is 0 Å². The zero-order valence-corrected chi connectivity index (χ0v) is 10.0. The first kappa shape index (κ1) is 13.6. The number of aliphatic carboxylic acids is 1. The lowest BCUT2D eigenvalue weighted by molar-refractivity contribution is -0.386. The Bertz CT molecular complexity index is 613. The van der Waals surface area contributed by atoms with Crippen LogP contribution in [0.2, 0.25) is 0 Å². The molecule has 1 heterocycles. The van der Waals surface area contributed by atoms with Gasteiger partial charge in [-0.25, -0.2) is 9.59 Å². The first-order valence-electron chi connectivity index (χ1n) is 5.53. The van der Waals surface area contributed by atoms with Crippen molar-refractivity contribution in [3.63, 3.8) is 0 Å². The summed E-state index contributed by atoms with van der Waals surface area (Å²) >= 11 is 0. The van der Waals surface area contributed by atoms with Gasteiger partial charge in [-0.2, -0.15) is 0 Å². The van der Waals surface area contributed by atoms with Gasteiger partial charge >= 0.3 is 17.7 Å². The number of phenolic OH excluding ortho intramolecular Hbond substituents is 1. The summed E-state index contributed by atoms with van der Waals surface area (Å²) in [6.07, 6.45) is -1.67. The van der Waals surface area contributed by atoms with E-state index in [1.807, 2.05) is 0 Å². The molecule has 0 spiro atoms. The number of nitro benzene ring substituents is 1. The molecule has 1 atom stereocenters. The number of rotatable bonds is 2. The van der Waals surface area contributed by atoms with E-state index in [-0.39, 0.29) is 12.0 Å². The molecule has 1 aliphatic rings. The average molecular weight is 282 g/mol. The van der Waals surface area contributed by atoms with Crippen molar-refractivity contribution in [2.75, 3.05) is 0 Å². The van der Waals surface area contributed by atoms with Gasteiger partial charge in [-0.05, 0) is 11.6 Å². The largest absolute Gasteiger partial charge is 0.502 e. The second kappa shape index (κ2) is 4.68. The van der Waals surface area contributed by atoms with Gasteiger partial charge in [0.05, 0.1) is 17.0 Å². The number of nitrogens with zero attached hydrogens (tertiary/aromatic N) is 2. The fourth-order valence-corrected chi connectivity index (χ4v) is 2.26. The molecule has 0 saturated carbocycles. The van der Waals surface area contributed by atoms with E-state index in [9.17, 15) is 24.8 Å². The molecule has 0 radical (unpaired) electrons. The van der Waals surface area contributed by atoms with Gasteiger partial charge in [0, 0.05) is 6.42 Å². The Morgan fingerprint density at radius 1 is 1.35 bits per heavy atom. The summed E-state index contributed by atoms with van der Waals surface area (Å²) in [5, 5.41) is 38.5. The van der Waals surface area contributed by atoms with Crippen molar-refractivity contribution in [1.82, 2.24) is 4.90 Å². The van der Waals surface area contributed by atoms with Crippen molar-refractivity contribution in [3.8, 4) is 5.75 Å². The van der Waals surface area contributed by atoms with Crippen molar-refractivity contribution in [2.24, 2.45) is 0 Å². The molecule has 1 unspecified atom stereocenters. The van der Waals surface area contributed by atoms with Gasteiger partial charge in [0.25, 0.3) is 0 Å². The highest BCUT2D eigenvalue weighted by Crippen LogP contribution is 2.37. The smallest absolute Gasteiger partial charge is 0.408 e. The topological polar surface area (TPSA) is 141 Å². The van der Waals surface area contributed by atoms with Crippen LogP contribution in [0, 0.1) is 10.1 Å². The molecule has 1 aromatic carbocycles. The number of fused-ring (bicyclic) bond motifs is 1. The van der Waals surface area contributed by atoms with Crippen molar-refractivity contribution < 1.29 is 29.8 Å². The number of amides is 1. The third-order valence-electron chi connectivity index (χ3n) is 3.19. The molecule has 9 nitrogen and oxygen atoms in total. The second-order valence-electron chi connectivity index (χ2n) is 4.30. The predicted molar refractivity (Wildman–Crippen MR) is 63.5 cm³/mol. The summed E-state index contributed by atoms with van der Waals surface area (Å²) < 4.78 is 0. The Balaban J connectivity index is 2.57. The van der Waals surface area contributed by atoms with E-state index in [0.29, 0.717) is 10.5 Å². The lowest BCUT2D eigenvalue weighted by Gasteiger charge is -2.31. The van der Waals surface area contributed by atoms with Crippen molar-refractivity contribution in [1.29, 1.82) is 0 Å². The van der Waals surface area contributed by atoms with Gasteiger partial charge < -0.3 is 15.3 Å². The SMILES string of the molecule is O=C(O)C1Cc2ccc(O)c([N+](=O)[O-])c2CN1C(=O)O. The molecule has 9 heteroatoms. The Morgan fingerprint density at radius 3 is 2.50 bits per heavy atom. The standard InChI is InChI=1S/C11H10N2O7/c14-8-2-1-5-3-7(10(15)16)12(11(17)18)4-6(5)9(8)13(19)20/h1-2,7,14H,3-4H2,(H,15,16)(H,17,18). The van der Waals surface area contributed by atoms with Gasteiger partial charge in [0.1, 0.15) is 6.04 Å². The number of carboxylic acids is 1. The number of benzene rings is 1. The molecule has 2 rings (SSSR count). The number of carbonyl (C=O) groups is 2. The minimum atomic E-state index is -1.49. The van der Waals surface area contributed by atoms with E-state index in [0.717, 1.165) is 6.07 Å². The molecule has 1 aromatic rings. The summed E-state index contributed by atoms with van der Waals surface area (Å²) in [5.41, 5.74) is -0.216. The molecule has 1 aliphatic heterocycles. The van der Waals surface area contributed by atoms with Crippen LogP contribution in [0.3, 0.4) is 0 Å². The molecule has 0 bridgehead atoms. The monoisotopic (exact) mass is 282 g/mol. The van der Waals surface area contributed by atoms with E-state index >= 15 is 0 Å². The Hall–Kier alpha value is -2.84. The Labute approximate surface area is 111 Å². The van der Waals surface area contributed by atoms with Crippen LogP contribution in [0.5, 0.6) is 5.75 Å². The number of aromatic hydroxyl groups is 1. The van der Waals surface area contributed by atoms with Gasteiger partial charge in [0.2, 0.25) is 0 Å². The first-order chi connectivity index (χ1) is 9.32. The van der Waals surface area contributed by atoms with Crippen LogP contribution in [-0.2, 0) is 17.8 Å². The zero-order chi connectivity index (χ0) is 15.0. The van der Waals surface area contributed by atoms with Crippen molar-refractivity contribution >= 4 is 17.7 Å². The predicted octanol–water partition coefficient (Wildman–Crippen LogP) is 0.790. The minimum Gasteiger partial charge on any atom is -0.502 e. The molecule has 0 saturated heterocycles. The summed E-state index contributed by atoms with van der Waals surface area (Å²) in [6.45, 7) is -0.452.